The second kappa shape index (κ2) is 5.59. The Labute approximate surface area is 138 Å². The van der Waals surface area contributed by atoms with E-state index >= 15 is 0 Å². The van der Waals surface area contributed by atoms with Crippen LogP contribution >= 0.6 is 0 Å². The molecule has 24 heavy (non-hydrogen) atoms. The average Bonchev–Trinajstić information content (AvgIpc) is 3.20. The number of anilines is 1. The molecule has 1 fully saturated rings. The topological polar surface area (TPSA) is 101 Å². The van der Waals surface area contributed by atoms with Crippen molar-refractivity contribution < 1.29 is 4.79 Å². The lowest BCUT2D eigenvalue weighted by Crippen LogP contribution is -2.31. The van der Waals surface area contributed by atoms with Crippen molar-refractivity contribution in [2.75, 3.05) is 12.3 Å². The number of fused-ring (bicyclic) bond motifs is 1. The molecule has 3 N–H and O–H groups in total. The highest BCUT2D eigenvalue weighted by Gasteiger charge is 2.33. The average molecular weight is 322 g/mol. The number of nitrogens with zero attached hydrogens (tertiary/aromatic N) is 4. The van der Waals surface area contributed by atoms with Gasteiger partial charge in [-0.15, -0.1) is 0 Å². The minimum Gasteiger partial charge on any atom is -0.384 e. The van der Waals surface area contributed by atoms with Crippen LogP contribution in [0.15, 0.2) is 30.3 Å². The Balaban J connectivity index is 1.71. The van der Waals surface area contributed by atoms with E-state index in [1.807, 2.05) is 36.1 Å². The van der Waals surface area contributed by atoms with Crippen molar-refractivity contribution in [3.63, 3.8) is 0 Å². The van der Waals surface area contributed by atoms with Gasteiger partial charge in [0.15, 0.2) is 5.69 Å². The molecule has 122 valence electrons. The largest absolute Gasteiger partial charge is 0.384 e. The van der Waals surface area contributed by atoms with Crippen LogP contribution in [0, 0.1) is 6.92 Å². The molecule has 1 aromatic carbocycles. The molecule has 3 aromatic rings. The number of rotatable bonds is 2. The van der Waals surface area contributed by atoms with Crippen molar-refractivity contribution in [1.29, 1.82) is 0 Å². The Bertz CT molecular complexity index is 898. The number of benzene rings is 1. The van der Waals surface area contributed by atoms with Gasteiger partial charge in [0.25, 0.3) is 5.91 Å². The number of carbonyl (C=O) groups excluding carboxylic acids is 1. The Morgan fingerprint density at radius 3 is 3.00 bits per heavy atom. The predicted molar refractivity (Wildman–Crippen MR) is 90.3 cm³/mol. The Kier molecular flexibility index (Phi) is 3.41. The Hall–Kier alpha value is -2.96. The van der Waals surface area contributed by atoms with Crippen molar-refractivity contribution in [1.82, 2.24) is 25.1 Å². The first-order valence-electron chi connectivity index (χ1n) is 7.98. The van der Waals surface area contributed by atoms with Crippen LogP contribution in [0.1, 0.15) is 40.9 Å². The number of amides is 1. The molecule has 0 unspecified atom stereocenters. The van der Waals surface area contributed by atoms with E-state index in [9.17, 15) is 4.79 Å². The van der Waals surface area contributed by atoms with Gasteiger partial charge in [-0.3, -0.25) is 9.89 Å². The summed E-state index contributed by atoms with van der Waals surface area (Å²) >= 11 is 0. The number of H-pyrrole nitrogens is 1. The summed E-state index contributed by atoms with van der Waals surface area (Å²) < 4.78 is 0. The number of nitrogens with two attached hydrogens (primary N) is 1. The number of aryl methyl sites for hydroxylation is 1. The molecule has 0 aliphatic carbocycles. The first-order valence-corrected chi connectivity index (χ1v) is 7.98. The Morgan fingerprint density at radius 2 is 2.17 bits per heavy atom. The van der Waals surface area contributed by atoms with Gasteiger partial charge < -0.3 is 10.6 Å². The number of nitrogen functional groups attached to an aromatic ring is 1. The van der Waals surface area contributed by atoms with Crippen molar-refractivity contribution in [2.45, 2.75) is 25.8 Å². The lowest BCUT2D eigenvalue weighted by Gasteiger charge is -2.24. The summed E-state index contributed by atoms with van der Waals surface area (Å²) in [6.45, 7) is 2.50. The van der Waals surface area contributed by atoms with Gasteiger partial charge in [0.05, 0.1) is 17.3 Å². The van der Waals surface area contributed by atoms with Gasteiger partial charge in [-0.2, -0.15) is 5.10 Å². The highest BCUT2D eigenvalue weighted by Crippen LogP contribution is 2.33. The van der Waals surface area contributed by atoms with Gasteiger partial charge in [-0.25, -0.2) is 9.97 Å². The molecule has 0 saturated carbocycles. The second-order valence-electron chi connectivity index (χ2n) is 6.04. The van der Waals surface area contributed by atoms with Gasteiger partial charge in [0.2, 0.25) is 0 Å². The van der Waals surface area contributed by atoms with Crippen molar-refractivity contribution in [3.05, 3.63) is 47.5 Å². The monoisotopic (exact) mass is 322 g/mol. The molecule has 0 radical (unpaired) electrons. The highest BCUT2D eigenvalue weighted by molar-refractivity contribution is 6.04. The zero-order chi connectivity index (χ0) is 16.7. The molecule has 1 aliphatic rings. The molecule has 1 amide bonds. The van der Waals surface area contributed by atoms with Gasteiger partial charge in [-0.1, -0.05) is 18.2 Å². The molecular weight excluding hydrogens is 304 g/mol. The van der Waals surface area contributed by atoms with Gasteiger partial charge in [0.1, 0.15) is 11.6 Å². The zero-order valence-corrected chi connectivity index (χ0v) is 13.4. The molecule has 1 saturated heterocycles. The van der Waals surface area contributed by atoms with Crippen LogP contribution in [0.3, 0.4) is 0 Å². The maximum atomic E-state index is 13.0. The third-order valence-corrected chi connectivity index (χ3v) is 4.41. The fourth-order valence-corrected chi connectivity index (χ4v) is 3.37. The smallest absolute Gasteiger partial charge is 0.275 e. The van der Waals surface area contributed by atoms with E-state index in [-0.39, 0.29) is 11.9 Å². The van der Waals surface area contributed by atoms with E-state index in [0.717, 1.165) is 29.4 Å². The molecule has 4 rings (SSSR count). The first kappa shape index (κ1) is 14.6. The molecule has 3 heterocycles. The van der Waals surface area contributed by atoms with Crippen LogP contribution in [0.4, 0.5) is 5.82 Å². The SMILES string of the molecule is Cc1nc(N)cc([C@H]2CCCN2C(=O)c2n[nH]c3ccccc23)n1. The number of aromatic amines is 1. The third kappa shape index (κ3) is 2.38. The molecule has 1 aliphatic heterocycles. The standard InChI is InChI=1S/C17H18N6O/c1-10-19-13(9-15(18)20-10)14-7-4-8-23(14)17(24)16-11-5-2-3-6-12(11)21-22-16/h2-3,5-6,9,14H,4,7-8H2,1H3,(H,21,22)(H2,18,19,20)/t14-/m1/s1. The third-order valence-electron chi connectivity index (χ3n) is 4.41. The number of hydrogen-bond donors (Lipinski definition) is 2. The summed E-state index contributed by atoms with van der Waals surface area (Å²) in [6.07, 6.45) is 1.80. The number of aromatic nitrogens is 4. The van der Waals surface area contributed by atoms with E-state index in [4.69, 9.17) is 5.73 Å². The van der Waals surface area contributed by atoms with Crippen LogP contribution in [0.2, 0.25) is 0 Å². The van der Waals surface area contributed by atoms with E-state index in [1.54, 1.807) is 6.07 Å². The van der Waals surface area contributed by atoms with Gasteiger partial charge in [0, 0.05) is 18.0 Å². The van der Waals surface area contributed by atoms with Crippen LogP contribution < -0.4 is 5.73 Å². The van der Waals surface area contributed by atoms with Crippen molar-refractivity contribution in [3.8, 4) is 0 Å². The summed E-state index contributed by atoms with van der Waals surface area (Å²) in [7, 11) is 0. The molecule has 0 bridgehead atoms. The lowest BCUT2D eigenvalue weighted by molar-refractivity contribution is 0.0728. The number of para-hydroxylation sites is 1. The van der Waals surface area contributed by atoms with E-state index in [1.165, 1.54) is 0 Å². The fourth-order valence-electron chi connectivity index (χ4n) is 3.37. The predicted octanol–water partition coefficient (Wildman–Crippen LogP) is 2.22. The van der Waals surface area contributed by atoms with Gasteiger partial charge in [-0.05, 0) is 25.8 Å². The van der Waals surface area contributed by atoms with Crippen molar-refractivity contribution in [2.24, 2.45) is 0 Å². The van der Waals surface area contributed by atoms with E-state index in [0.29, 0.717) is 23.9 Å². The van der Waals surface area contributed by atoms with Gasteiger partial charge >= 0.3 is 0 Å². The maximum absolute atomic E-state index is 13.0. The number of hydrogen-bond acceptors (Lipinski definition) is 5. The minimum absolute atomic E-state index is 0.0789. The summed E-state index contributed by atoms with van der Waals surface area (Å²) in [5, 5.41) is 7.99. The van der Waals surface area contributed by atoms with Crippen LogP contribution in [0.5, 0.6) is 0 Å². The quantitative estimate of drug-likeness (QED) is 0.753. The number of nitrogens with one attached hydrogen (secondary N) is 1. The number of likely N-dealkylation sites (tertiary alicyclic amines) is 1. The maximum Gasteiger partial charge on any atom is 0.275 e. The summed E-state index contributed by atoms with van der Waals surface area (Å²) in [4.78, 5) is 23.5. The molecule has 0 spiro atoms. The first-order chi connectivity index (χ1) is 11.6. The molecule has 7 heteroatoms. The molecular formula is C17H18N6O. The molecule has 7 nitrogen and oxygen atoms in total. The summed E-state index contributed by atoms with van der Waals surface area (Å²) in [5.74, 6) is 0.973. The van der Waals surface area contributed by atoms with Crippen LogP contribution in [0.25, 0.3) is 10.9 Å². The minimum atomic E-state index is -0.0861. The number of carbonyl (C=O) groups is 1. The zero-order valence-electron chi connectivity index (χ0n) is 13.4. The molecule has 1 atom stereocenters. The normalized spacial score (nSPS) is 17.5. The summed E-state index contributed by atoms with van der Waals surface area (Å²) in [6, 6.07) is 9.31. The highest BCUT2D eigenvalue weighted by atomic mass is 16.2. The summed E-state index contributed by atoms with van der Waals surface area (Å²) in [5.41, 5.74) is 7.96. The van der Waals surface area contributed by atoms with Crippen molar-refractivity contribution >= 4 is 22.6 Å². The fraction of sp³-hybridized carbons (Fsp3) is 0.294. The van der Waals surface area contributed by atoms with E-state index in [2.05, 4.69) is 20.2 Å². The van der Waals surface area contributed by atoms with Crippen LogP contribution in [-0.2, 0) is 0 Å². The second-order valence-corrected chi connectivity index (χ2v) is 6.04. The lowest BCUT2D eigenvalue weighted by atomic mass is 10.1. The Morgan fingerprint density at radius 1 is 1.33 bits per heavy atom. The van der Waals surface area contributed by atoms with E-state index < -0.39 is 0 Å². The van der Waals surface area contributed by atoms with Crippen LogP contribution in [-0.4, -0.2) is 37.5 Å². The molecule has 2 aromatic heterocycles.